The van der Waals surface area contributed by atoms with Crippen LogP contribution in [0.5, 0.6) is 0 Å². The Kier molecular flexibility index (Phi) is 5.26. The van der Waals surface area contributed by atoms with Crippen LogP contribution in [-0.4, -0.2) is 32.4 Å². The molecule has 2 aromatic rings. The first kappa shape index (κ1) is 15.9. The van der Waals surface area contributed by atoms with Crippen molar-refractivity contribution < 1.29 is 38.4 Å². The topological polar surface area (TPSA) is 99.2 Å². The molecular formula is C10H16IN5O3. The largest absolute Gasteiger partial charge is 1.00 e. The summed E-state index contributed by atoms with van der Waals surface area (Å²) < 4.78 is 9.85. The van der Waals surface area contributed by atoms with Gasteiger partial charge in [0, 0.05) is 7.05 Å². The van der Waals surface area contributed by atoms with Gasteiger partial charge in [0.2, 0.25) is 5.52 Å². The predicted molar refractivity (Wildman–Crippen MR) is 63.6 cm³/mol. The third-order valence-electron chi connectivity index (χ3n) is 2.69. The molecule has 0 aliphatic carbocycles. The molecule has 2 heterocycles. The Balaban J connectivity index is 0.00000180. The van der Waals surface area contributed by atoms with Crippen molar-refractivity contribution in [3.8, 4) is 0 Å². The van der Waals surface area contributed by atoms with Crippen LogP contribution in [0.3, 0.4) is 0 Å². The van der Waals surface area contributed by atoms with Gasteiger partial charge in [-0.15, -0.1) is 0 Å². The summed E-state index contributed by atoms with van der Waals surface area (Å²) in [6.45, 7) is 0.379. The first-order valence-corrected chi connectivity index (χ1v) is 5.46. The van der Waals surface area contributed by atoms with Gasteiger partial charge in [0.15, 0.2) is 13.1 Å². The molecule has 0 saturated carbocycles. The van der Waals surface area contributed by atoms with Crippen LogP contribution in [-0.2, 0) is 25.6 Å². The molecule has 0 spiro atoms. The molecule has 19 heavy (non-hydrogen) atoms. The van der Waals surface area contributed by atoms with Gasteiger partial charge in [0.25, 0.3) is 5.95 Å². The van der Waals surface area contributed by atoms with Gasteiger partial charge in [0.05, 0.1) is 20.3 Å². The average molecular weight is 381 g/mol. The Morgan fingerprint density at radius 2 is 2.21 bits per heavy atom. The standard InChI is InChI=1S/C10H15N5O3.HI/c1-13-5-15(6-18-4-3-16)8-7(13)9(17)14(2)10(11)12-8;/h5,16H,3-4,6H2,1-2H3,(H-,11,12,17);1H. The zero-order valence-electron chi connectivity index (χ0n) is 10.7. The lowest BCUT2D eigenvalue weighted by molar-refractivity contribution is -0.711. The second kappa shape index (κ2) is 6.30. The van der Waals surface area contributed by atoms with Crippen molar-refractivity contribution in [2.75, 3.05) is 18.9 Å². The van der Waals surface area contributed by atoms with E-state index in [1.165, 1.54) is 4.57 Å². The first-order valence-electron chi connectivity index (χ1n) is 5.46. The quantitative estimate of drug-likeness (QED) is 0.314. The van der Waals surface area contributed by atoms with Crippen molar-refractivity contribution in [1.29, 1.82) is 0 Å². The van der Waals surface area contributed by atoms with E-state index in [0.717, 1.165) is 0 Å². The second-order valence-electron chi connectivity index (χ2n) is 3.96. The molecule has 0 saturated heterocycles. The van der Waals surface area contributed by atoms with Crippen LogP contribution in [0.25, 0.3) is 11.2 Å². The third kappa shape index (κ3) is 2.87. The Bertz CT molecular complexity index is 636. The van der Waals surface area contributed by atoms with Gasteiger partial charge >= 0.3 is 11.2 Å². The van der Waals surface area contributed by atoms with Crippen LogP contribution in [0.1, 0.15) is 0 Å². The summed E-state index contributed by atoms with van der Waals surface area (Å²) in [7, 11) is 3.33. The lowest BCUT2D eigenvalue weighted by Crippen LogP contribution is -3.00. The lowest BCUT2D eigenvalue weighted by atomic mass is 10.5. The van der Waals surface area contributed by atoms with Crippen molar-refractivity contribution >= 4 is 17.1 Å². The van der Waals surface area contributed by atoms with Crippen LogP contribution in [0.4, 0.5) is 5.95 Å². The van der Waals surface area contributed by atoms with Crippen LogP contribution < -0.4 is 39.8 Å². The minimum atomic E-state index is -0.207. The van der Waals surface area contributed by atoms with E-state index in [9.17, 15) is 4.79 Å². The van der Waals surface area contributed by atoms with E-state index in [-0.39, 0.29) is 55.4 Å². The number of imidazole rings is 1. The van der Waals surface area contributed by atoms with E-state index in [1.807, 2.05) is 0 Å². The highest BCUT2D eigenvalue weighted by Gasteiger charge is 2.21. The molecule has 0 amide bonds. The third-order valence-corrected chi connectivity index (χ3v) is 2.69. The maximum absolute atomic E-state index is 12.0. The minimum absolute atomic E-state index is 0. The maximum Gasteiger partial charge on any atom is 0.313 e. The van der Waals surface area contributed by atoms with E-state index < -0.39 is 0 Å². The number of ether oxygens (including phenoxy) is 1. The first-order chi connectivity index (χ1) is 8.56. The molecular weight excluding hydrogens is 365 g/mol. The van der Waals surface area contributed by atoms with E-state index >= 15 is 0 Å². The summed E-state index contributed by atoms with van der Waals surface area (Å²) in [5.41, 5.74) is 6.39. The summed E-state index contributed by atoms with van der Waals surface area (Å²) in [5, 5.41) is 8.66. The second-order valence-corrected chi connectivity index (χ2v) is 3.96. The van der Waals surface area contributed by atoms with Gasteiger partial charge in [-0.25, -0.2) is 4.57 Å². The van der Waals surface area contributed by atoms with Crippen LogP contribution >= 0.6 is 0 Å². The molecule has 0 aliphatic rings. The number of nitrogens with two attached hydrogens (primary N) is 1. The Labute approximate surface area is 126 Å². The van der Waals surface area contributed by atoms with Crippen molar-refractivity contribution in [1.82, 2.24) is 14.1 Å². The van der Waals surface area contributed by atoms with Gasteiger partial charge < -0.3 is 39.6 Å². The Morgan fingerprint density at radius 3 is 2.84 bits per heavy atom. The number of aromatic nitrogens is 4. The van der Waals surface area contributed by atoms with E-state index in [4.69, 9.17) is 15.6 Å². The van der Waals surface area contributed by atoms with Gasteiger partial charge in [0.1, 0.15) is 0 Å². The van der Waals surface area contributed by atoms with Crippen molar-refractivity contribution in [2.24, 2.45) is 14.1 Å². The summed E-state index contributed by atoms with van der Waals surface area (Å²) >= 11 is 0. The minimum Gasteiger partial charge on any atom is -1.00 e. The lowest BCUT2D eigenvalue weighted by Gasteiger charge is -2.00. The number of halogens is 1. The molecule has 3 N–H and O–H groups in total. The highest BCUT2D eigenvalue weighted by atomic mass is 127. The summed E-state index contributed by atoms with van der Waals surface area (Å²) in [5.74, 6) is 0.148. The normalized spacial score (nSPS) is 10.7. The van der Waals surface area contributed by atoms with Gasteiger partial charge in [-0.2, -0.15) is 0 Å². The van der Waals surface area contributed by atoms with Crippen molar-refractivity contribution in [3.63, 3.8) is 0 Å². The fourth-order valence-electron chi connectivity index (χ4n) is 1.75. The molecule has 0 fully saturated rings. The molecule has 0 atom stereocenters. The summed E-state index contributed by atoms with van der Waals surface area (Å²) in [6, 6.07) is 0. The van der Waals surface area contributed by atoms with Crippen LogP contribution in [0.15, 0.2) is 11.1 Å². The molecule has 2 aromatic heterocycles. The number of fused-ring (bicyclic) bond motifs is 1. The number of nitrogen functional groups attached to an aromatic ring is 1. The van der Waals surface area contributed by atoms with Gasteiger partial charge in [-0.05, 0) is 0 Å². The number of anilines is 1. The van der Waals surface area contributed by atoms with Gasteiger partial charge in [-0.3, -0.25) is 13.9 Å². The van der Waals surface area contributed by atoms with Crippen LogP contribution in [0.2, 0.25) is 0 Å². The average Bonchev–Trinajstić information content (AvgIpc) is 2.63. The number of nitrogens with zero attached hydrogens (tertiary/aromatic N) is 4. The molecule has 2 rings (SSSR count). The van der Waals surface area contributed by atoms with Crippen molar-refractivity contribution in [3.05, 3.63) is 16.7 Å². The molecule has 9 heteroatoms. The molecule has 0 aliphatic heterocycles. The zero-order valence-corrected chi connectivity index (χ0v) is 12.9. The summed E-state index contributed by atoms with van der Waals surface area (Å²) in [6.07, 6.45) is 1.70. The zero-order chi connectivity index (χ0) is 13.3. The van der Waals surface area contributed by atoms with E-state index in [2.05, 4.69) is 4.98 Å². The fourth-order valence-corrected chi connectivity index (χ4v) is 1.75. The van der Waals surface area contributed by atoms with Crippen LogP contribution in [0, 0.1) is 0 Å². The van der Waals surface area contributed by atoms with Gasteiger partial charge in [-0.1, -0.05) is 4.98 Å². The smallest absolute Gasteiger partial charge is 0.313 e. The van der Waals surface area contributed by atoms with E-state index in [0.29, 0.717) is 11.2 Å². The molecule has 0 unspecified atom stereocenters. The maximum atomic E-state index is 12.0. The number of aryl methyl sites for hydroxylation is 1. The predicted octanol–water partition coefficient (Wildman–Crippen LogP) is -4.89. The summed E-state index contributed by atoms with van der Waals surface area (Å²) in [4.78, 5) is 16.2. The number of aliphatic hydroxyl groups excluding tert-OH is 1. The SMILES string of the molecule is Cn1c(N)nc2c(c1=O)n(C)c[n+]2COCCO.[I-]. The van der Waals surface area contributed by atoms with E-state index in [1.54, 1.807) is 29.6 Å². The molecule has 8 nitrogen and oxygen atoms in total. The fraction of sp³-hybridized carbons (Fsp3) is 0.500. The Morgan fingerprint density at radius 1 is 1.53 bits per heavy atom. The molecule has 106 valence electrons. The highest BCUT2D eigenvalue weighted by molar-refractivity contribution is 5.67. The number of rotatable bonds is 4. The molecule has 0 radical (unpaired) electrons. The number of aliphatic hydroxyl groups is 1. The highest BCUT2D eigenvalue weighted by Crippen LogP contribution is 2.04. The monoisotopic (exact) mass is 381 g/mol. The molecule has 0 aromatic carbocycles. The number of hydrogen-bond donors (Lipinski definition) is 2. The Hall–Kier alpha value is -1.20. The van der Waals surface area contributed by atoms with Crippen molar-refractivity contribution in [2.45, 2.75) is 6.73 Å². The number of hydrogen-bond acceptors (Lipinski definition) is 5. The molecule has 0 bridgehead atoms.